The van der Waals surface area contributed by atoms with Gasteiger partial charge in [-0.15, -0.1) is 0 Å². The van der Waals surface area contributed by atoms with Crippen LogP contribution in [0.15, 0.2) is 66.7 Å². The van der Waals surface area contributed by atoms with Gasteiger partial charge in [-0.25, -0.2) is 4.79 Å². The number of carbonyl (C=O) groups is 2. The zero-order valence-corrected chi connectivity index (χ0v) is 15.2. The lowest BCUT2D eigenvalue weighted by atomic mass is 10.1. The lowest BCUT2D eigenvalue weighted by Crippen LogP contribution is -2.27. The highest BCUT2D eigenvalue weighted by molar-refractivity contribution is 6.00. The minimum absolute atomic E-state index is 0.265. The molecule has 0 radical (unpaired) electrons. The zero-order chi connectivity index (χ0) is 19.2. The number of esters is 1. The monoisotopic (exact) mass is 364 g/mol. The number of rotatable bonds is 7. The predicted octanol–water partition coefficient (Wildman–Crippen LogP) is 4.04. The maximum absolute atomic E-state index is 12.3. The number of ether oxygens (including phenoxy) is 3. The molecule has 1 atom stereocenters. The van der Waals surface area contributed by atoms with Gasteiger partial charge in [0.2, 0.25) is 5.78 Å². The molecule has 0 aliphatic carbocycles. The van der Waals surface area contributed by atoms with Gasteiger partial charge in [0.15, 0.2) is 12.7 Å². The molecule has 0 aromatic heterocycles. The van der Waals surface area contributed by atoms with E-state index in [1.807, 2.05) is 36.4 Å². The van der Waals surface area contributed by atoms with Gasteiger partial charge in [-0.3, -0.25) is 4.79 Å². The Morgan fingerprint density at radius 2 is 1.56 bits per heavy atom. The van der Waals surface area contributed by atoms with Crippen molar-refractivity contribution in [2.24, 2.45) is 0 Å². The Kier molecular flexibility index (Phi) is 5.71. The summed E-state index contributed by atoms with van der Waals surface area (Å²) in [6.07, 6.45) is -0.897. The van der Waals surface area contributed by atoms with Gasteiger partial charge in [-0.05, 0) is 54.1 Å². The van der Waals surface area contributed by atoms with E-state index in [4.69, 9.17) is 14.2 Å². The number of hydrogen-bond acceptors (Lipinski definition) is 5. The molecule has 0 heterocycles. The van der Waals surface area contributed by atoms with Gasteiger partial charge in [-0.1, -0.05) is 30.3 Å². The topological polar surface area (TPSA) is 61.8 Å². The van der Waals surface area contributed by atoms with E-state index in [1.165, 1.54) is 0 Å². The van der Waals surface area contributed by atoms with Gasteiger partial charge in [-0.2, -0.15) is 0 Å². The first-order valence-electron chi connectivity index (χ1n) is 8.56. The number of fused-ring (bicyclic) bond motifs is 1. The molecule has 5 heteroatoms. The Balaban J connectivity index is 1.55. The number of methoxy groups -OCH3 is 1. The van der Waals surface area contributed by atoms with Crippen LogP contribution in [0.5, 0.6) is 11.5 Å². The van der Waals surface area contributed by atoms with Crippen LogP contribution in [0.1, 0.15) is 17.3 Å². The molecule has 0 saturated carbocycles. The largest absolute Gasteiger partial charge is 0.497 e. The summed E-state index contributed by atoms with van der Waals surface area (Å²) in [5.41, 5.74) is 0.451. The fourth-order valence-corrected chi connectivity index (χ4v) is 2.67. The maximum Gasteiger partial charge on any atom is 0.344 e. The lowest BCUT2D eigenvalue weighted by molar-refractivity contribution is -0.148. The van der Waals surface area contributed by atoms with Gasteiger partial charge in [0, 0.05) is 5.56 Å². The molecule has 138 valence electrons. The van der Waals surface area contributed by atoms with Crippen molar-refractivity contribution in [1.82, 2.24) is 0 Å². The van der Waals surface area contributed by atoms with Crippen LogP contribution in [0.25, 0.3) is 10.8 Å². The summed E-state index contributed by atoms with van der Waals surface area (Å²) >= 11 is 0. The van der Waals surface area contributed by atoms with Crippen molar-refractivity contribution in [3.05, 3.63) is 72.3 Å². The second kappa shape index (κ2) is 8.36. The smallest absolute Gasteiger partial charge is 0.344 e. The van der Waals surface area contributed by atoms with Crippen LogP contribution in [0, 0.1) is 0 Å². The molecule has 0 bridgehead atoms. The third-order valence-electron chi connectivity index (χ3n) is 4.13. The van der Waals surface area contributed by atoms with E-state index in [0.717, 1.165) is 10.8 Å². The number of hydrogen-bond donors (Lipinski definition) is 0. The molecular formula is C22H20O5. The minimum Gasteiger partial charge on any atom is -0.497 e. The third-order valence-corrected chi connectivity index (χ3v) is 4.13. The molecule has 5 nitrogen and oxygen atoms in total. The van der Waals surface area contributed by atoms with E-state index in [1.54, 1.807) is 44.4 Å². The molecule has 0 unspecified atom stereocenters. The maximum atomic E-state index is 12.3. The first-order valence-corrected chi connectivity index (χ1v) is 8.56. The normalized spacial score (nSPS) is 11.6. The van der Waals surface area contributed by atoms with E-state index in [0.29, 0.717) is 17.1 Å². The van der Waals surface area contributed by atoms with Gasteiger partial charge in [0.05, 0.1) is 7.11 Å². The summed E-state index contributed by atoms with van der Waals surface area (Å²) in [7, 11) is 1.55. The van der Waals surface area contributed by atoms with Crippen LogP contribution < -0.4 is 9.47 Å². The van der Waals surface area contributed by atoms with Crippen LogP contribution >= 0.6 is 0 Å². The Bertz CT molecular complexity index is 946. The molecule has 0 N–H and O–H groups in total. The first kappa shape index (κ1) is 18.5. The van der Waals surface area contributed by atoms with Crippen LogP contribution in [-0.4, -0.2) is 31.6 Å². The Labute approximate surface area is 157 Å². The quantitative estimate of drug-likeness (QED) is 0.468. The molecule has 3 rings (SSSR count). The Morgan fingerprint density at radius 3 is 2.26 bits per heavy atom. The average molecular weight is 364 g/mol. The highest BCUT2D eigenvalue weighted by atomic mass is 16.6. The van der Waals surface area contributed by atoms with Crippen molar-refractivity contribution < 1.29 is 23.8 Å². The fraction of sp³-hybridized carbons (Fsp3) is 0.182. The van der Waals surface area contributed by atoms with Crippen LogP contribution in [0.2, 0.25) is 0 Å². The van der Waals surface area contributed by atoms with Crippen molar-refractivity contribution in [2.75, 3.05) is 13.7 Å². The Hall–Kier alpha value is -3.34. The third kappa shape index (κ3) is 4.64. The standard InChI is InChI=1S/C22H20O5/c1-15(22(24)17-8-10-19(25-2)11-9-17)27-21(23)14-26-20-12-7-16-5-3-4-6-18(16)13-20/h3-13,15H,14H2,1-2H3/t15-/m1/s1. The SMILES string of the molecule is COc1ccc(C(=O)[C@@H](C)OC(=O)COc2ccc3ccccc3c2)cc1. The number of carbonyl (C=O) groups excluding carboxylic acids is 2. The lowest BCUT2D eigenvalue weighted by Gasteiger charge is -2.13. The summed E-state index contributed by atoms with van der Waals surface area (Å²) in [6, 6.07) is 20.1. The number of ketones is 1. The summed E-state index contributed by atoms with van der Waals surface area (Å²) in [5.74, 6) is 0.342. The Morgan fingerprint density at radius 1 is 0.889 bits per heavy atom. The highest BCUT2D eigenvalue weighted by Crippen LogP contribution is 2.20. The molecule has 3 aromatic rings. The van der Waals surface area contributed by atoms with Gasteiger partial charge >= 0.3 is 5.97 Å². The second-order valence-electron chi connectivity index (χ2n) is 6.02. The molecule has 0 amide bonds. The molecule has 0 saturated heterocycles. The molecule has 3 aromatic carbocycles. The number of Topliss-reactive ketones (excluding diaryl/α,β-unsaturated/α-hetero) is 1. The van der Waals surface area contributed by atoms with E-state index in [-0.39, 0.29) is 12.4 Å². The number of benzene rings is 3. The van der Waals surface area contributed by atoms with Crippen LogP contribution in [0.3, 0.4) is 0 Å². The van der Waals surface area contributed by atoms with Crippen molar-refractivity contribution in [1.29, 1.82) is 0 Å². The molecule has 0 fully saturated rings. The fourth-order valence-electron chi connectivity index (χ4n) is 2.67. The summed E-state index contributed by atoms with van der Waals surface area (Å²) in [4.78, 5) is 24.3. The van der Waals surface area contributed by atoms with Crippen molar-refractivity contribution in [2.45, 2.75) is 13.0 Å². The van der Waals surface area contributed by atoms with Crippen molar-refractivity contribution in [3.63, 3.8) is 0 Å². The minimum atomic E-state index is -0.897. The molecular weight excluding hydrogens is 344 g/mol. The molecule has 0 spiro atoms. The molecule has 27 heavy (non-hydrogen) atoms. The van der Waals surface area contributed by atoms with Crippen LogP contribution in [-0.2, 0) is 9.53 Å². The van der Waals surface area contributed by atoms with E-state index < -0.39 is 12.1 Å². The van der Waals surface area contributed by atoms with Crippen molar-refractivity contribution >= 4 is 22.5 Å². The summed E-state index contributed by atoms with van der Waals surface area (Å²) in [6.45, 7) is 1.28. The second-order valence-corrected chi connectivity index (χ2v) is 6.02. The van der Waals surface area contributed by atoms with E-state index >= 15 is 0 Å². The van der Waals surface area contributed by atoms with E-state index in [2.05, 4.69) is 0 Å². The summed E-state index contributed by atoms with van der Waals surface area (Å²) < 4.78 is 15.7. The van der Waals surface area contributed by atoms with Crippen molar-refractivity contribution in [3.8, 4) is 11.5 Å². The molecule has 0 aliphatic rings. The highest BCUT2D eigenvalue weighted by Gasteiger charge is 2.20. The van der Waals surface area contributed by atoms with Crippen LogP contribution in [0.4, 0.5) is 0 Å². The zero-order valence-electron chi connectivity index (χ0n) is 15.2. The van der Waals surface area contributed by atoms with Gasteiger partial charge in [0.1, 0.15) is 11.5 Å². The molecule has 0 aliphatic heterocycles. The van der Waals surface area contributed by atoms with Gasteiger partial charge < -0.3 is 14.2 Å². The van der Waals surface area contributed by atoms with Gasteiger partial charge in [0.25, 0.3) is 0 Å². The van der Waals surface area contributed by atoms with E-state index in [9.17, 15) is 9.59 Å². The first-order chi connectivity index (χ1) is 13.1. The summed E-state index contributed by atoms with van der Waals surface area (Å²) in [5, 5.41) is 2.11. The predicted molar refractivity (Wildman–Crippen MR) is 102 cm³/mol. The average Bonchev–Trinajstić information content (AvgIpc) is 2.71.